The minimum atomic E-state index is 0.133. The fourth-order valence-electron chi connectivity index (χ4n) is 3.56. The lowest BCUT2D eigenvalue weighted by Gasteiger charge is -2.35. The average molecular weight is 268 g/mol. The number of nitrogens with one attached hydrogen (secondary N) is 1. The SMILES string of the molecule is CCC1CCCC1NC1CCN(C(=O)COC)CC1. The topological polar surface area (TPSA) is 41.6 Å². The summed E-state index contributed by atoms with van der Waals surface area (Å²) in [5, 5.41) is 3.84. The highest BCUT2D eigenvalue weighted by Gasteiger charge is 2.29. The van der Waals surface area contributed by atoms with Gasteiger partial charge < -0.3 is 15.0 Å². The molecular formula is C15H28N2O2. The minimum absolute atomic E-state index is 0.133. The van der Waals surface area contributed by atoms with E-state index in [2.05, 4.69) is 12.2 Å². The molecular weight excluding hydrogens is 240 g/mol. The highest BCUT2D eigenvalue weighted by Crippen LogP contribution is 2.29. The third-order valence-corrected chi connectivity index (χ3v) is 4.75. The van der Waals surface area contributed by atoms with Crippen molar-refractivity contribution in [2.75, 3.05) is 26.8 Å². The van der Waals surface area contributed by atoms with Crippen LogP contribution in [0, 0.1) is 5.92 Å². The van der Waals surface area contributed by atoms with Crippen LogP contribution >= 0.6 is 0 Å². The van der Waals surface area contributed by atoms with Gasteiger partial charge in [-0.25, -0.2) is 0 Å². The van der Waals surface area contributed by atoms with Gasteiger partial charge in [0.05, 0.1) is 0 Å². The van der Waals surface area contributed by atoms with E-state index in [1.54, 1.807) is 7.11 Å². The smallest absolute Gasteiger partial charge is 0.248 e. The molecule has 2 aliphatic rings. The molecule has 2 unspecified atom stereocenters. The molecule has 1 N–H and O–H groups in total. The number of nitrogens with zero attached hydrogens (tertiary/aromatic N) is 1. The number of carbonyl (C=O) groups excluding carboxylic acids is 1. The molecule has 2 fully saturated rings. The van der Waals surface area contributed by atoms with Gasteiger partial charge in [0, 0.05) is 32.3 Å². The summed E-state index contributed by atoms with van der Waals surface area (Å²) in [5.74, 6) is 1.00. The molecule has 0 aromatic carbocycles. The Bertz CT molecular complexity index is 288. The molecule has 0 aromatic heterocycles. The summed E-state index contributed by atoms with van der Waals surface area (Å²) in [7, 11) is 1.58. The second-order valence-corrected chi connectivity index (χ2v) is 5.96. The van der Waals surface area contributed by atoms with Gasteiger partial charge in [0.25, 0.3) is 0 Å². The summed E-state index contributed by atoms with van der Waals surface area (Å²) in [4.78, 5) is 13.7. The number of likely N-dealkylation sites (tertiary alicyclic amines) is 1. The third-order valence-electron chi connectivity index (χ3n) is 4.75. The van der Waals surface area contributed by atoms with Crippen molar-refractivity contribution in [3.05, 3.63) is 0 Å². The molecule has 1 saturated carbocycles. The van der Waals surface area contributed by atoms with Crippen LogP contribution in [0.1, 0.15) is 45.4 Å². The van der Waals surface area contributed by atoms with E-state index in [-0.39, 0.29) is 12.5 Å². The Morgan fingerprint density at radius 1 is 1.26 bits per heavy atom. The van der Waals surface area contributed by atoms with Gasteiger partial charge in [-0.15, -0.1) is 0 Å². The predicted molar refractivity (Wildman–Crippen MR) is 76.0 cm³/mol. The summed E-state index contributed by atoms with van der Waals surface area (Å²) in [6.07, 6.45) is 7.57. The lowest BCUT2D eigenvalue weighted by Crippen LogP contribution is -2.49. The van der Waals surface area contributed by atoms with E-state index in [4.69, 9.17) is 4.74 Å². The Hall–Kier alpha value is -0.610. The van der Waals surface area contributed by atoms with Crippen molar-refractivity contribution in [1.29, 1.82) is 0 Å². The number of hydrogen-bond acceptors (Lipinski definition) is 3. The van der Waals surface area contributed by atoms with Crippen LogP contribution < -0.4 is 5.32 Å². The Kier molecular flexibility index (Phi) is 5.64. The van der Waals surface area contributed by atoms with E-state index in [1.807, 2.05) is 4.90 Å². The van der Waals surface area contributed by atoms with Crippen LogP contribution in [0.15, 0.2) is 0 Å². The van der Waals surface area contributed by atoms with E-state index in [9.17, 15) is 4.79 Å². The molecule has 2 atom stereocenters. The van der Waals surface area contributed by atoms with Crippen LogP contribution in [0.4, 0.5) is 0 Å². The van der Waals surface area contributed by atoms with Crippen LogP contribution in [-0.2, 0) is 9.53 Å². The first-order chi connectivity index (χ1) is 9.24. The second-order valence-electron chi connectivity index (χ2n) is 5.96. The zero-order chi connectivity index (χ0) is 13.7. The van der Waals surface area contributed by atoms with Crippen molar-refractivity contribution in [1.82, 2.24) is 10.2 Å². The number of carbonyl (C=O) groups is 1. The molecule has 4 nitrogen and oxygen atoms in total. The van der Waals surface area contributed by atoms with Crippen molar-refractivity contribution in [3.63, 3.8) is 0 Å². The van der Waals surface area contributed by atoms with Crippen molar-refractivity contribution in [2.24, 2.45) is 5.92 Å². The number of rotatable bonds is 5. The number of ether oxygens (including phenoxy) is 1. The monoisotopic (exact) mass is 268 g/mol. The summed E-state index contributed by atoms with van der Waals surface area (Å²) in [6.45, 7) is 4.28. The Labute approximate surface area is 116 Å². The van der Waals surface area contributed by atoms with E-state index in [0.717, 1.165) is 37.9 Å². The molecule has 1 aliphatic heterocycles. The highest BCUT2D eigenvalue weighted by molar-refractivity contribution is 5.77. The summed E-state index contributed by atoms with van der Waals surface area (Å²) in [5.41, 5.74) is 0. The molecule has 1 saturated heterocycles. The molecule has 0 radical (unpaired) electrons. The van der Waals surface area contributed by atoms with Gasteiger partial charge in [-0.3, -0.25) is 4.79 Å². The van der Waals surface area contributed by atoms with Crippen LogP contribution in [0.25, 0.3) is 0 Å². The average Bonchev–Trinajstić information content (AvgIpc) is 2.87. The van der Waals surface area contributed by atoms with Gasteiger partial charge in [-0.05, 0) is 31.6 Å². The molecule has 0 spiro atoms. The first-order valence-electron chi connectivity index (χ1n) is 7.77. The standard InChI is InChI=1S/C15H28N2O2/c1-3-12-5-4-6-14(12)16-13-7-9-17(10-8-13)15(18)11-19-2/h12-14,16H,3-11H2,1-2H3. The first kappa shape index (κ1) is 14.8. The number of amides is 1. The Morgan fingerprint density at radius 2 is 2.00 bits per heavy atom. The maximum absolute atomic E-state index is 11.7. The zero-order valence-corrected chi connectivity index (χ0v) is 12.4. The summed E-state index contributed by atoms with van der Waals surface area (Å²) in [6, 6.07) is 1.32. The Morgan fingerprint density at radius 3 is 2.63 bits per heavy atom. The van der Waals surface area contributed by atoms with E-state index in [0.29, 0.717) is 6.04 Å². The molecule has 4 heteroatoms. The molecule has 110 valence electrons. The van der Waals surface area contributed by atoms with Gasteiger partial charge >= 0.3 is 0 Å². The van der Waals surface area contributed by atoms with Gasteiger partial charge in [0.2, 0.25) is 5.91 Å². The van der Waals surface area contributed by atoms with Gasteiger partial charge in [-0.2, -0.15) is 0 Å². The first-order valence-corrected chi connectivity index (χ1v) is 7.77. The molecule has 2 rings (SSSR count). The molecule has 1 amide bonds. The molecule has 0 aromatic rings. The van der Waals surface area contributed by atoms with Crippen molar-refractivity contribution < 1.29 is 9.53 Å². The van der Waals surface area contributed by atoms with E-state index >= 15 is 0 Å². The van der Waals surface area contributed by atoms with Crippen molar-refractivity contribution >= 4 is 5.91 Å². The maximum Gasteiger partial charge on any atom is 0.248 e. The van der Waals surface area contributed by atoms with E-state index in [1.165, 1.54) is 25.7 Å². The summed E-state index contributed by atoms with van der Waals surface area (Å²) < 4.78 is 4.91. The van der Waals surface area contributed by atoms with Crippen molar-refractivity contribution in [2.45, 2.75) is 57.5 Å². The molecule has 1 aliphatic carbocycles. The van der Waals surface area contributed by atoms with Gasteiger partial charge in [-0.1, -0.05) is 19.8 Å². The maximum atomic E-state index is 11.7. The van der Waals surface area contributed by atoms with Crippen LogP contribution in [0.2, 0.25) is 0 Å². The molecule has 19 heavy (non-hydrogen) atoms. The Balaban J connectivity index is 1.73. The van der Waals surface area contributed by atoms with E-state index < -0.39 is 0 Å². The fraction of sp³-hybridized carbons (Fsp3) is 0.933. The fourth-order valence-corrected chi connectivity index (χ4v) is 3.56. The zero-order valence-electron chi connectivity index (χ0n) is 12.4. The number of methoxy groups -OCH3 is 1. The lowest BCUT2D eigenvalue weighted by atomic mass is 9.97. The van der Waals surface area contributed by atoms with Gasteiger partial charge in [0.1, 0.15) is 6.61 Å². The number of hydrogen-bond donors (Lipinski definition) is 1. The third kappa shape index (κ3) is 3.93. The second kappa shape index (κ2) is 7.25. The number of piperidine rings is 1. The normalized spacial score (nSPS) is 28.8. The quantitative estimate of drug-likeness (QED) is 0.826. The van der Waals surface area contributed by atoms with Crippen LogP contribution in [0.5, 0.6) is 0 Å². The largest absolute Gasteiger partial charge is 0.375 e. The van der Waals surface area contributed by atoms with Crippen LogP contribution in [-0.4, -0.2) is 49.7 Å². The molecule has 1 heterocycles. The highest BCUT2D eigenvalue weighted by atomic mass is 16.5. The summed E-state index contributed by atoms with van der Waals surface area (Å²) >= 11 is 0. The van der Waals surface area contributed by atoms with Crippen LogP contribution in [0.3, 0.4) is 0 Å². The minimum Gasteiger partial charge on any atom is -0.375 e. The van der Waals surface area contributed by atoms with Crippen molar-refractivity contribution in [3.8, 4) is 0 Å². The van der Waals surface area contributed by atoms with Gasteiger partial charge in [0.15, 0.2) is 0 Å². The predicted octanol–water partition coefficient (Wildman–Crippen LogP) is 1.79. The molecule has 0 bridgehead atoms. The lowest BCUT2D eigenvalue weighted by molar-refractivity contribution is -0.136.